The summed E-state index contributed by atoms with van der Waals surface area (Å²) in [7, 11) is 4.89. The van der Waals surface area contributed by atoms with Crippen molar-refractivity contribution in [2.24, 2.45) is 0 Å². The Balaban J connectivity index is 1.42. The van der Waals surface area contributed by atoms with Crippen molar-refractivity contribution in [3.63, 3.8) is 0 Å². The maximum Gasteiger partial charge on any atom is 0.254 e. The number of nitrogens with one attached hydrogen (secondary N) is 2. The van der Waals surface area contributed by atoms with E-state index in [9.17, 15) is 4.79 Å². The fraction of sp³-hybridized carbons (Fsp3) is 0.200. The lowest BCUT2D eigenvalue weighted by molar-refractivity contribution is 0.354. The maximum atomic E-state index is 13.1. The minimum Gasteiger partial charge on any atom is -0.497 e. The molecule has 38 heavy (non-hydrogen) atoms. The molecule has 0 aliphatic rings. The number of hydrogen-bond acceptors (Lipinski definition) is 6. The predicted octanol–water partition coefficient (Wildman–Crippen LogP) is 4.74. The first-order valence-corrected chi connectivity index (χ1v) is 12.4. The van der Waals surface area contributed by atoms with Gasteiger partial charge < -0.3 is 24.5 Å². The van der Waals surface area contributed by atoms with Gasteiger partial charge in [-0.3, -0.25) is 4.79 Å². The Labute approximate surface area is 220 Å². The minimum absolute atomic E-state index is 0.144. The third kappa shape index (κ3) is 5.12. The lowest BCUT2D eigenvalue weighted by Crippen LogP contribution is -2.23. The molecule has 0 bridgehead atoms. The molecule has 2 N–H and O–H groups in total. The Morgan fingerprint density at radius 3 is 2.34 bits per heavy atom. The first-order chi connectivity index (χ1) is 18.6. The standard InChI is InChI=1S/C30H30N4O4/c1-36-24-12-10-21(11-13-24)28-25-18-22(19-31-16-15-20-9-14-26(37-2)27(17-20)38-3)30(35)32-29(25)34(33-28)23-7-5-4-6-8-23/h4-14,17-18,31H,15-16,19H2,1-3H3,(H,32,35). The summed E-state index contributed by atoms with van der Waals surface area (Å²) in [5.74, 6) is 2.18. The van der Waals surface area contributed by atoms with Gasteiger partial charge >= 0.3 is 0 Å². The molecule has 194 valence electrons. The van der Waals surface area contributed by atoms with E-state index in [1.165, 1.54) is 0 Å². The molecule has 2 heterocycles. The van der Waals surface area contributed by atoms with Gasteiger partial charge in [-0.1, -0.05) is 24.3 Å². The summed E-state index contributed by atoms with van der Waals surface area (Å²) in [6.07, 6.45) is 0.781. The second-order valence-electron chi connectivity index (χ2n) is 8.83. The van der Waals surface area contributed by atoms with Crippen molar-refractivity contribution in [2.45, 2.75) is 13.0 Å². The van der Waals surface area contributed by atoms with E-state index in [1.807, 2.05) is 78.9 Å². The third-order valence-electron chi connectivity index (χ3n) is 6.48. The summed E-state index contributed by atoms with van der Waals surface area (Å²) < 4.78 is 17.8. The average molecular weight is 511 g/mol. The van der Waals surface area contributed by atoms with Crippen molar-refractivity contribution in [3.8, 4) is 34.2 Å². The molecule has 5 rings (SSSR count). The monoisotopic (exact) mass is 510 g/mol. The minimum atomic E-state index is -0.144. The van der Waals surface area contributed by atoms with Gasteiger partial charge in [-0.15, -0.1) is 0 Å². The molecule has 0 radical (unpaired) electrons. The van der Waals surface area contributed by atoms with Crippen molar-refractivity contribution in [2.75, 3.05) is 27.9 Å². The van der Waals surface area contributed by atoms with E-state index in [0.29, 0.717) is 35.8 Å². The van der Waals surface area contributed by atoms with Gasteiger partial charge in [-0.2, -0.15) is 5.10 Å². The van der Waals surface area contributed by atoms with E-state index in [-0.39, 0.29) is 5.56 Å². The zero-order chi connectivity index (χ0) is 26.5. The zero-order valence-electron chi connectivity index (χ0n) is 21.7. The molecule has 0 aliphatic heterocycles. The van der Waals surface area contributed by atoms with Crippen LogP contribution >= 0.6 is 0 Å². The molecule has 0 aliphatic carbocycles. The van der Waals surface area contributed by atoms with Crippen LogP contribution in [0.2, 0.25) is 0 Å². The van der Waals surface area contributed by atoms with Gasteiger partial charge in [0, 0.05) is 23.1 Å². The number of H-pyrrole nitrogens is 1. The highest BCUT2D eigenvalue weighted by Gasteiger charge is 2.17. The predicted molar refractivity (Wildman–Crippen MR) is 149 cm³/mol. The van der Waals surface area contributed by atoms with Crippen molar-refractivity contribution < 1.29 is 14.2 Å². The summed E-state index contributed by atoms with van der Waals surface area (Å²) in [5.41, 5.74) is 4.86. The van der Waals surface area contributed by atoms with Crippen LogP contribution in [0, 0.1) is 0 Å². The lowest BCUT2D eigenvalue weighted by atomic mass is 10.1. The van der Waals surface area contributed by atoms with E-state index in [2.05, 4.69) is 10.3 Å². The van der Waals surface area contributed by atoms with Gasteiger partial charge in [0.15, 0.2) is 11.5 Å². The Kier molecular flexibility index (Phi) is 7.42. The highest BCUT2D eigenvalue weighted by atomic mass is 16.5. The Bertz CT molecular complexity index is 1590. The Morgan fingerprint density at radius 2 is 1.63 bits per heavy atom. The first kappa shape index (κ1) is 25.1. The van der Waals surface area contributed by atoms with Gasteiger partial charge in [0.2, 0.25) is 0 Å². The summed E-state index contributed by atoms with van der Waals surface area (Å²) in [6, 6.07) is 25.4. The molecule has 8 nitrogen and oxygen atoms in total. The first-order valence-electron chi connectivity index (χ1n) is 12.4. The van der Waals surface area contributed by atoms with Gasteiger partial charge in [-0.25, -0.2) is 4.68 Å². The van der Waals surface area contributed by atoms with Crippen LogP contribution in [-0.4, -0.2) is 42.6 Å². The smallest absolute Gasteiger partial charge is 0.254 e. The molecule has 5 aromatic rings. The molecule has 0 saturated heterocycles. The molecular formula is C30H30N4O4. The quantitative estimate of drug-likeness (QED) is 0.264. The second kappa shape index (κ2) is 11.2. The van der Waals surface area contributed by atoms with Crippen molar-refractivity contribution in [3.05, 3.63) is 100 Å². The zero-order valence-corrected chi connectivity index (χ0v) is 21.7. The number of ether oxygens (including phenoxy) is 3. The van der Waals surface area contributed by atoms with Gasteiger partial charge in [0.1, 0.15) is 17.1 Å². The number of pyridine rings is 1. The van der Waals surface area contributed by atoms with Crippen LogP contribution in [0.3, 0.4) is 0 Å². The van der Waals surface area contributed by atoms with Gasteiger partial charge in [0.05, 0.1) is 27.0 Å². The summed E-state index contributed by atoms with van der Waals surface area (Å²) in [4.78, 5) is 16.2. The number of aromatic amines is 1. The van der Waals surface area contributed by atoms with Crippen LogP contribution < -0.4 is 25.1 Å². The molecule has 0 unspecified atom stereocenters. The molecule has 0 saturated carbocycles. The van der Waals surface area contributed by atoms with Crippen LogP contribution in [0.15, 0.2) is 83.7 Å². The third-order valence-corrected chi connectivity index (χ3v) is 6.48. The van der Waals surface area contributed by atoms with E-state index in [4.69, 9.17) is 19.3 Å². The summed E-state index contributed by atoms with van der Waals surface area (Å²) in [5, 5.41) is 9.17. The fourth-order valence-corrected chi connectivity index (χ4v) is 4.46. The average Bonchev–Trinajstić information content (AvgIpc) is 3.33. The topological polar surface area (TPSA) is 90.4 Å². The van der Waals surface area contributed by atoms with Gasteiger partial charge in [-0.05, 0) is 73.1 Å². The Hall–Kier alpha value is -4.56. The number of fused-ring (bicyclic) bond motifs is 1. The maximum absolute atomic E-state index is 13.1. The van der Waals surface area contributed by atoms with Crippen LogP contribution in [0.5, 0.6) is 17.2 Å². The van der Waals surface area contributed by atoms with Crippen LogP contribution in [0.25, 0.3) is 28.0 Å². The van der Waals surface area contributed by atoms with E-state index in [1.54, 1.807) is 26.0 Å². The van der Waals surface area contributed by atoms with Crippen molar-refractivity contribution in [1.82, 2.24) is 20.1 Å². The van der Waals surface area contributed by atoms with Crippen molar-refractivity contribution >= 4 is 11.0 Å². The Morgan fingerprint density at radius 1 is 0.868 bits per heavy atom. The molecular weight excluding hydrogens is 480 g/mol. The number of hydrogen-bond donors (Lipinski definition) is 2. The number of rotatable bonds is 10. The molecule has 3 aromatic carbocycles. The largest absolute Gasteiger partial charge is 0.497 e. The molecule has 0 atom stereocenters. The lowest BCUT2D eigenvalue weighted by Gasteiger charge is -2.10. The molecule has 0 spiro atoms. The van der Waals surface area contributed by atoms with E-state index >= 15 is 0 Å². The molecule has 2 aromatic heterocycles. The fourth-order valence-electron chi connectivity index (χ4n) is 4.46. The number of para-hydroxylation sites is 1. The van der Waals surface area contributed by atoms with Gasteiger partial charge in [0.25, 0.3) is 5.56 Å². The van der Waals surface area contributed by atoms with E-state index in [0.717, 1.165) is 40.1 Å². The number of nitrogens with zero attached hydrogens (tertiary/aromatic N) is 2. The number of methoxy groups -OCH3 is 3. The van der Waals surface area contributed by atoms with E-state index < -0.39 is 0 Å². The summed E-state index contributed by atoms with van der Waals surface area (Å²) >= 11 is 0. The van der Waals surface area contributed by atoms with Crippen molar-refractivity contribution in [1.29, 1.82) is 0 Å². The highest BCUT2D eigenvalue weighted by molar-refractivity contribution is 5.92. The molecule has 8 heteroatoms. The van der Waals surface area contributed by atoms with Crippen LogP contribution in [0.1, 0.15) is 11.1 Å². The normalized spacial score (nSPS) is 11.0. The SMILES string of the molecule is COc1ccc(-c2nn(-c3ccccc3)c3[nH]c(=O)c(CNCCc4ccc(OC)c(OC)c4)cc23)cc1. The molecule has 0 fully saturated rings. The van der Waals surface area contributed by atoms with Crippen LogP contribution in [0.4, 0.5) is 0 Å². The molecule has 0 amide bonds. The number of aromatic nitrogens is 3. The number of benzene rings is 3. The van der Waals surface area contributed by atoms with Crippen LogP contribution in [-0.2, 0) is 13.0 Å². The summed E-state index contributed by atoms with van der Waals surface area (Å²) in [6.45, 7) is 1.12. The second-order valence-corrected chi connectivity index (χ2v) is 8.83. The highest BCUT2D eigenvalue weighted by Crippen LogP contribution is 2.30.